The van der Waals surface area contributed by atoms with Crippen LogP contribution in [0.5, 0.6) is 11.5 Å². The molecule has 2 aliphatic rings. The van der Waals surface area contributed by atoms with E-state index in [-0.39, 0.29) is 42.3 Å². The van der Waals surface area contributed by atoms with Crippen molar-refractivity contribution in [2.24, 2.45) is 0 Å². The monoisotopic (exact) mass is 712 g/mol. The van der Waals surface area contributed by atoms with Crippen molar-refractivity contribution < 1.29 is 28.7 Å². The number of aromatic amines is 1. The van der Waals surface area contributed by atoms with Crippen LogP contribution in [0.1, 0.15) is 57.0 Å². The molecule has 2 saturated heterocycles. The largest absolute Gasteiger partial charge is 0.493 e. The van der Waals surface area contributed by atoms with Crippen LogP contribution in [-0.4, -0.2) is 108 Å². The van der Waals surface area contributed by atoms with Crippen LogP contribution in [0.4, 0.5) is 0 Å². The van der Waals surface area contributed by atoms with Crippen LogP contribution in [0.2, 0.25) is 0 Å². The molecule has 4 amide bonds. The van der Waals surface area contributed by atoms with E-state index in [4.69, 9.17) is 9.47 Å². The molecule has 0 radical (unpaired) electrons. The zero-order valence-electron chi connectivity index (χ0n) is 29.2. The van der Waals surface area contributed by atoms with E-state index < -0.39 is 12.1 Å². The first-order valence-corrected chi connectivity index (χ1v) is 18.1. The number of ether oxygens (including phenoxy) is 2. The van der Waals surface area contributed by atoms with Crippen LogP contribution in [0, 0.1) is 6.92 Å². The number of nitrogens with one attached hydrogen (secondary N) is 2. The number of benzene rings is 2. The SMILES string of the molecule is COc1ccc(CC(=O)N2CCCCNC(=O)[C@@H]3C[C@@H](CN3C(=O)c3cc(-c4ccc(C)s4)[nH]n3)N(C(=O)c3ccccc3)CCC2)cc1OC. The Labute approximate surface area is 301 Å². The van der Waals surface area contributed by atoms with Crippen molar-refractivity contribution in [3.8, 4) is 22.1 Å². The molecule has 0 saturated carbocycles. The van der Waals surface area contributed by atoms with Gasteiger partial charge in [-0.2, -0.15) is 5.10 Å². The molecule has 2 bridgehead atoms. The third kappa shape index (κ3) is 8.25. The van der Waals surface area contributed by atoms with Gasteiger partial charge in [0.1, 0.15) is 6.04 Å². The van der Waals surface area contributed by atoms with E-state index in [9.17, 15) is 19.2 Å². The van der Waals surface area contributed by atoms with Crippen molar-refractivity contribution in [1.82, 2.24) is 30.2 Å². The zero-order valence-corrected chi connectivity index (χ0v) is 30.0. The van der Waals surface area contributed by atoms with E-state index in [0.717, 1.165) is 21.0 Å². The second-order valence-corrected chi connectivity index (χ2v) is 14.2. The Balaban J connectivity index is 1.23. The predicted octanol–water partition coefficient (Wildman–Crippen LogP) is 4.56. The Morgan fingerprint density at radius 2 is 1.67 bits per heavy atom. The number of methoxy groups -OCH3 is 2. The van der Waals surface area contributed by atoms with Gasteiger partial charge in [-0.3, -0.25) is 24.3 Å². The molecule has 51 heavy (non-hydrogen) atoms. The fraction of sp³-hybridized carbons (Fsp3) is 0.395. The van der Waals surface area contributed by atoms with Crippen molar-refractivity contribution in [2.75, 3.05) is 46.9 Å². The van der Waals surface area contributed by atoms with Crippen molar-refractivity contribution >= 4 is 35.0 Å². The van der Waals surface area contributed by atoms with Crippen molar-refractivity contribution in [3.05, 3.63) is 88.4 Å². The van der Waals surface area contributed by atoms with Gasteiger partial charge in [0.05, 0.1) is 37.3 Å². The Bertz CT molecular complexity index is 1860. The molecule has 2 aliphatic heterocycles. The summed E-state index contributed by atoms with van der Waals surface area (Å²) < 4.78 is 10.8. The average molecular weight is 713 g/mol. The maximum absolute atomic E-state index is 14.1. The summed E-state index contributed by atoms with van der Waals surface area (Å²) in [4.78, 5) is 62.8. The van der Waals surface area contributed by atoms with E-state index in [1.807, 2.05) is 54.3 Å². The van der Waals surface area contributed by atoms with E-state index in [2.05, 4.69) is 15.5 Å². The maximum atomic E-state index is 14.1. The van der Waals surface area contributed by atoms with Gasteiger partial charge >= 0.3 is 0 Å². The van der Waals surface area contributed by atoms with E-state index in [1.165, 1.54) is 0 Å². The smallest absolute Gasteiger partial charge is 0.275 e. The average Bonchev–Trinajstić information content (AvgIpc) is 3.92. The molecular weight excluding hydrogens is 669 g/mol. The van der Waals surface area contributed by atoms with Crippen LogP contribution in [0.25, 0.3) is 10.6 Å². The highest BCUT2D eigenvalue weighted by atomic mass is 32.1. The van der Waals surface area contributed by atoms with Gasteiger partial charge in [-0.25, -0.2) is 0 Å². The van der Waals surface area contributed by atoms with Gasteiger partial charge in [0.25, 0.3) is 11.8 Å². The second-order valence-electron chi connectivity index (χ2n) is 12.9. The van der Waals surface area contributed by atoms with E-state index >= 15 is 0 Å². The van der Waals surface area contributed by atoms with Crippen LogP contribution in [-0.2, 0) is 16.0 Å². The fourth-order valence-corrected chi connectivity index (χ4v) is 7.65. The van der Waals surface area contributed by atoms with Gasteiger partial charge < -0.3 is 29.5 Å². The number of H-pyrrole nitrogens is 1. The van der Waals surface area contributed by atoms with Gasteiger partial charge in [0, 0.05) is 43.2 Å². The molecule has 4 aromatic rings. The summed E-state index contributed by atoms with van der Waals surface area (Å²) in [5.74, 6) is 0.307. The predicted molar refractivity (Wildman–Crippen MR) is 194 cm³/mol. The molecule has 12 nitrogen and oxygen atoms in total. The third-order valence-corrected chi connectivity index (χ3v) is 10.5. The topological polar surface area (TPSA) is 137 Å². The lowest BCUT2D eigenvalue weighted by molar-refractivity contribution is -0.130. The highest BCUT2D eigenvalue weighted by Crippen LogP contribution is 2.30. The van der Waals surface area contributed by atoms with Crippen LogP contribution >= 0.6 is 11.3 Å². The molecule has 6 rings (SSSR count). The van der Waals surface area contributed by atoms with Crippen molar-refractivity contribution in [3.63, 3.8) is 0 Å². The highest BCUT2D eigenvalue weighted by Gasteiger charge is 2.44. The summed E-state index contributed by atoms with van der Waals surface area (Å²) in [6, 6.07) is 19.0. The Morgan fingerprint density at radius 3 is 2.41 bits per heavy atom. The number of aromatic nitrogens is 2. The summed E-state index contributed by atoms with van der Waals surface area (Å²) in [6.07, 6.45) is 2.35. The standard InChI is InChI=1S/C38H44N6O6S/c1-25-12-15-34(51-25)29-23-30(41-40-29)38(48)44-24-28-22-31(44)36(46)39-16-7-8-17-42(18-9-19-43(28)37(47)27-10-5-4-6-11-27)35(45)21-26-13-14-32(49-2)33(20-26)50-3/h4-6,10-15,20,23,28,31H,7-9,16-19,21-22,24H2,1-3H3,(H,39,46)(H,40,41)/t28-,31-/m0/s1. The number of hydrogen-bond donors (Lipinski definition) is 2. The van der Waals surface area contributed by atoms with Gasteiger partial charge in [-0.05, 0) is 80.6 Å². The minimum Gasteiger partial charge on any atom is -0.493 e. The number of amides is 4. The third-order valence-electron chi connectivity index (χ3n) is 9.50. The molecular formula is C38H44N6O6S. The molecule has 2 aromatic heterocycles. The minimum atomic E-state index is -0.764. The van der Waals surface area contributed by atoms with Gasteiger partial charge in [-0.1, -0.05) is 24.3 Å². The lowest BCUT2D eigenvalue weighted by atomic mass is 10.1. The number of aryl methyl sites for hydroxylation is 1. The normalized spacial score (nSPS) is 18.6. The van der Waals surface area contributed by atoms with Crippen LogP contribution < -0.4 is 14.8 Å². The zero-order chi connectivity index (χ0) is 35.9. The summed E-state index contributed by atoms with van der Waals surface area (Å²) >= 11 is 1.60. The molecule has 0 unspecified atom stereocenters. The molecule has 268 valence electrons. The summed E-state index contributed by atoms with van der Waals surface area (Å²) in [6.45, 7) is 3.91. The molecule has 2 fully saturated rings. The highest BCUT2D eigenvalue weighted by molar-refractivity contribution is 7.15. The maximum Gasteiger partial charge on any atom is 0.275 e. The first kappa shape index (κ1) is 35.6. The van der Waals surface area contributed by atoms with Crippen molar-refractivity contribution in [1.29, 1.82) is 0 Å². The lowest BCUT2D eigenvalue weighted by Crippen LogP contribution is -2.46. The molecule has 2 atom stereocenters. The van der Waals surface area contributed by atoms with Crippen molar-refractivity contribution in [2.45, 2.75) is 51.1 Å². The molecule has 2 N–H and O–H groups in total. The molecule has 0 spiro atoms. The summed E-state index contributed by atoms with van der Waals surface area (Å²) in [5, 5.41) is 10.3. The van der Waals surface area contributed by atoms with Gasteiger partial charge in [0.2, 0.25) is 11.8 Å². The fourth-order valence-electron chi connectivity index (χ4n) is 6.82. The van der Waals surface area contributed by atoms with E-state index in [0.29, 0.717) is 68.9 Å². The second kappa shape index (κ2) is 16.2. The number of hydrogen-bond acceptors (Lipinski definition) is 8. The number of nitrogens with zero attached hydrogens (tertiary/aromatic N) is 4. The first-order chi connectivity index (χ1) is 24.7. The van der Waals surface area contributed by atoms with Gasteiger partial charge in [-0.15, -0.1) is 11.3 Å². The number of fused-ring (bicyclic) bond motifs is 2. The minimum absolute atomic E-state index is 0.0342. The molecule has 13 heteroatoms. The molecule has 2 aromatic carbocycles. The number of carbonyl (C=O) groups is 4. The summed E-state index contributed by atoms with van der Waals surface area (Å²) in [5.41, 5.74) is 2.28. The Morgan fingerprint density at radius 1 is 0.882 bits per heavy atom. The van der Waals surface area contributed by atoms with Crippen LogP contribution in [0.3, 0.4) is 0 Å². The first-order valence-electron chi connectivity index (χ1n) is 17.3. The Hall–Kier alpha value is -5.17. The molecule has 0 aliphatic carbocycles. The quantitative estimate of drug-likeness (QED) is 0.287. The van der Waals surface area contributed by atoms with Crippen LogP contribution in [0.15, 0.2) is 66.7 Å². The summed E-state index contributed by atoms with van der Waals surface area (Å²) in [7, 11) is 3.13. The Kier molecular flexibility index (Phi) is 11.3. The molecule has 4 heterocycles. The lowest BCUT2D eigenvalue weighted by Gasteiger charge is -2.31. The number of carbonyl (C=O) groups excluding carboxylic acids is 4. The number of thiophene rings is 1. The number of likely N-dealkylation sites (tertiary alicyclic amines) is 1. The van der Waals surface area contributed by atoms with Gasteiger partial charge in [0.15, 0.2) is 17.2 Å². The number of rotatable bonds is 7. The van der Waals surface area contributed by atoms with E-state index in [1.54, 1.807) is 59.6 Å².